The summed E-state index contributed by atoms with van der Waals surface area (Å²) in [5.74, 6) is 0.193. The number of nitrogens with two attached hydrogens (primary N) is 1. The zero-order chi connectivity index (χ0) is 20.1. The first kappa shape index (κ1) is 20.8. The SMILES string of the molecule is COCc1ccccc1NC(N)=NCC(C)(C)c1cccc(C(F)(F)F)c1. The first-order valence-corrected chi connectivity index (χ1v) is 8.45. The van der Waals surface area contributed by atoms with Crippen LogP contribution in [0.4, 0.5) is 18.9 Å². The summed E-state index contributed by atoms with van der Waals surface area (Å²) in [6.07, 6.45) is -4.37. The summed E-state index contributed by atoms with van der Waals surface area (Å²) in [6, 6.07) is 12.8. The summed E-state index contributed by atoms with van der Waals surface area (Å²) in [7, 11) is 1.60. The number of nitrogens with zero attached hydrogens (tertiary/aromatic N) is 1. The third kappa shape index (κ3) is 5.72. The van der Waals surface area contributed by atoms with Gasteiger partial charge in [0.05, 0.1) is 18.7 Å². The summed E-state index contributed by atoms with van der Waals surface area (Å²) in [5, 5.41) is 3.02. The largest absolute Gasteiger partial charge is 0.416 e. The Morgan fingerprint density at radius 2 is 1.74 bits per heavy atom. The van der Waals surface area contributed by atoms with E-state index >= 15 is 0 Å². The van der Waals surface area contributed by atoms with Crippen LogP contribution in [0.2, 0.25) is 0 Å². The predicted octanol–water partition coefficient (Wildman–Crippen LogP) is 4.56. The van der Waals surface area contributed by atoms with E-state index in [1.54, 1.807) is 13.2 Å². The van der Waals surface area contributed by atoms with Crippen molar-refractivity contribution in [1.29, 1.82) is 0 Å². The van der Waals surface area contributed by atoms with Gasteiger partial charge in [-0.1, -0.05) is 50.2 Å². The van der Waals surface area contributed by atoms with E-state index in [1.807, 2.05) is 38.1 Å². The molecular weight excluding hydrogens is 355 g/mol. The second-order valence-electron chi connectivity index (χ2n) is 6.88. The van der Waals surface area contributed by atoms with Gasteiger partial charge in [0, 0.05) is 23.8 Å². The van der Waals surface area contributed by atoms with Crippen LogP contribution in [-0.4, -0.2) is 19.6 Å². The van der Waals surface area contributed by atoms with Crippen molar-refractivity contribution in [3.63, 3.8) is 0 Å². The molecule has 2 aromatic carbocycles. The molecule has 0 saturated carbocycles. The molecule has 0 bridgehead atoms. The Morgan fingerprint density at radius 3 is 2.41 bits per heavy atom. The Hall–Kier alpha value is -2.54. The third-order valence-corrected chi connectivity index (χ3v) is 4.20. The highest BCUT2D eigenvalue weighted by molar-refractivity contribution is 5.93. The summed E-state index contributed by atoms with van der Waals surface area (Å²) < 4.78 is 44.0. The number of benzene rings is 2. The number of halogens is 3. The maximum absolute atomic E-state index is 12.9. The minimum Gasteiger partial charge on any atom is -0.380 e. The molecule has 2 aromatic rings. The second kappa shape index (κ2) is 8.43. The highest BCUT2D eigenvalue weighted by Gasteiger charge is 2.32. The second-order valence-corrected chi connectivity index (χ2v) is 6.88. The fraction of sp³-hybridized carbons (Fsp3) is 0.350. The third-order valence-electron chi connectivity index (χ3n) is 4.20. The number of para-hydroxylation sites is 1. The number of hydrogen-bond donors (Lipinski definition) is 2. The van der Waals surface area contributed by atoms with Gasteiger partial charge in [-0.3, -0.25) is 4.99 Å². The highest BCUT2D eigenvalue weighted by atomic mass is 19.4. The lowest BCUT2D eigenvalue weighted by Crippen LogP contribution is -2.28. The molecule has 0 saturated heterocycles. The molecule has 146 valence electrons. The topological polar surface area (TPSA) is 59.6 Å². The lowest BCUT2D eigenvalue weighted by atomic mass is 9.84. The van der Waals surface area contributed by atoms with E-state index in [0.717, 1.165) is 23.4 Å². The van der Waals surface area contributed by atoms with Gasteiger partial charge in [0.1, 0.15) is 0 Å². The normalized spacial score (nSPS) is 12.9. The van der Waals surface area contributed by atoms with Crippen LogP contribution < -0.4 is 11.1 Å². The Balaban J connectivity index is 2.14. The van der Waals surface area contributed by atoms with E-state index in [9.17, 15) is 13.2 Å². The molecule has 2 rings (SSSR count). The van der Waals surface area contributed by atoms with Crippen LogP contribution >= 0.6 is 0 Å². The van der Waals surface area contributed by atoms with Crippen molar-refractivity contribution < 1.29 is 17.9 Å². The van der Waals surface area contributed by atoms with Gasteiger partial charge in [-0.25, -0.2) is 0 Å². The number of hydrogen-bond acceptors (Lipinski definition) is 2. The van der Waals surface area contributed by atoms with Crippen molar-refractivity contribution in [3.8, 4) is 0 Å². The molecule has 0 aliphatic heterocycles. The van der Waals surface area contributed by atoms with Crippen molar-refractivity contribution in [2.45, 2.75) is 32.0 Å². The Kier molecular flexibility index (Phi) is 6.49. The zero-order valence-electron chi connectivity index (χ0n) is 15.6. The van der Waals surface area contributed by atoms with Gasteiger partial charge in [-0.05, 0) is 17.7 Å². The van der Waals surface area contributed by atoms with E-state index in [-0.39, 0.29) is 12.5 Å². The molecule has 4 nitrogen and oxygen atoms in total. The molecule has 0 spiro atoms. The summed E-state index contributed by atoms with van der Waals surface area (Å²) >= 11 is 0. The monoisotopic (exact) mass is 379 g/mol. The maximum atomic E-state index is 12.9. The van der Waals surface area contributed by atoms with E-state index in [1.165, 1.54) is 6.07 Å². The molecule has 0 amide bonds. The van der Waals surface area contributed by atoms with Gasteiger partial charge >= 0.3 is 6.18 Å². The van der Waals surface area contributed by atoms with Crippen molar-refractivity contribution in [3.05, 3.63) is 65.2 Å². The number of rotatable bonds is 6. The van der Waals surface area contributed by atoms with Crippen LogP contribution in [0.25, 0.3) is 0 Å². The molecule has 0 heterocycles. The van der Waals surface area contributed by atoms with Crippen molar-refractivity contribution in [2.24, 2.45) is 10.7 Å². The smallest absolute Gasteiger partial charge is 0.380 e. The summed E-state index contributed by atoms with van der Waals surface area (Å²) in [4.78, 5) is 4.32. The van der Waals surface area contributed by atoms with Gasteiger partial charge in [0.2, 0.25) is 0 Å². The molecule has 3 N–H and O–H groups in total. The fourth-order valence-electron chi connectivity index (χ4n) is 2.59. The van der Waals surface area contributed by atoms with Crippen LogP contribution in [0.15, 0.2) is 53.5 Å². The molecule has 0 unspecified atom stereocenters. The molecular formula is C20H24F3N3O. The standard InChI is InChI=1S/C20H24F3N3O/c1-19(2,15-8-6-9-16(11-15)20(21,22)23)13-25-18(24)26-17-10-5-4-7-14(17)12-27-3/h4-11H,12-13H2,1-3H3,(H3,24,25,26). The van der Waals surface area contributed by atoms with Crippen LogP contribution in [0.3, 0.4) is 0 Å². The van der Waals surface area contributed by atoms with Crippen molar-refractivity contribution in [2.75, 3.05) is 19.0 Å². The van der Waals surface area contributed by atoms with Crippen LogP contribution in [-0.2, 0) is 22.9 Å². The van der Waals surface area contributed by atoms with Crippen molar-refractivity contribution in [1.82, 2.24) is 0 Å². The van der Waals surface area contributed by atoms with Gasteiger partial charge in [0.25, 0.3) is 0 Å². The molecule has 7 heteroatoms. The van der Waals surface area contributed by atoms with E-state index in [0.29, 0.717) is 12.2 Å². The lowest BCUT2D eigenvalue weighted by molar-refractivity contribution is -0.137. The molecule has 0 aliphatic carbocycles. The molecule has 0 fully saturated rings. The average molecular weight is 379 g/mol. The highest BCUT2D eigenvalue weighted by Crippen LogP contribution is 2.33. The molecule has 27 heavy (non-hydrogen) atoms. The number of aliphatic imine (C=N–C) groups is 1. The summed E-state index contributed by atoms with van der Waals surface area (Å²) in [5.41, 5.74) is 6.94. The predicted molar refractivity (Wildman–Crippen MR) is 102 cm³/mol. The first-order chi connectivity index (χ1) is 12.6. The van der Waals surface area contributed by atoms with E-state index in [4.69, 9.17) is 10.5 Å². The molecule has 0 radical (unpaired) electrons. The maximum Gasteiger partial charge on any atom is 0.416 e. The quantitative estimate of drug-likeness (QED) is 0.572. The van der Waals surface area contributed by atoms with E-state index in [2.05, 4.69) is 10.3 Å². The number of methoxy groups -OCH3 is 1. The van der Waals surface area contributed by atoms with Crippen molar-refractivity contribution >= 4 is 11.6 Å². The van der Waals surface area contributed by atoms with Crippen LogP contribution in [0, 0.1) is 0 Å². The van der Waals surface area contributed by atoms with Gasteiger partial charge < -0.3 is 15.8 Å². The summed E-state index contributed by atoms with van der Waals surface area (Å²) in [6.45, 7) is 4.32. The van der Waals surface area contributed by atoms with E-state index < -0.39 is 17.2 Å². The average Bonchev–Trinajstić information content (AvgIpc) is 2.61. The minimum absolute atomic E-state index is 0.193. The molecule has 0 aliphatic rings. The number of nitrogens with one attached hydrogen (secondary N) is 1. The molecule has 0 atom stereocenters. The van der Waals surface area contributed by atoms with Crippen LogP contribution in [0.1, 0.15) is 30.5 Å². The number of ether oxygens (including phenoxy) is 1. The number of alkyl halides is 3. The molecule has 0 aromatic heterocycles. The minimum atomic E-state index is -4.37. The Labute approximate surface area is 157 Å². The number of guanidine groups is 1. The Bertz CT molecular complexity index is 801. The number of anilines is 1. The first-order valence-electron chi connectivity index (χ1n) is 8.45. The van der Waals surface area contributed by atoms with Crippen LogP contribution in [0.5, 0.6) is 0 Å². The van der Waals surface area contributed by atoms with Gasteiger partial charge in [-0.15, -0.1) is 0 Å². The van der Waals surface area contributed by atoms with Gasteiger partial charge in [-0.2, -0.15) is 13.2 Å². The fourth-order valence-corrected chi connectivity index (χ4v) is 2.59. The van der Waals surface area contributed by atoms with Gasteiger partial charge in [0.15, 0.2) is 5.96 Å². The Morgan fingerprint density at radius 1 is 1.07 bits per heavy atom. The zero-order valence-corrected chi connectivity index (χ0v) is 15.6. The lowest BCUT2D eigenvalue weighted by Gasteiger charge is -2.24.